The SMILES string of the molecule is CC(C)(C)c1cc(CC2(Cc3cc(C(C)(C)C)c(O)c(C(C)(C)C)c3)Cc3ccccc3C2O)cc(C(C)(C)C)c1O. The molecule has 0 amide bonds. The first-order chi connectivity index (χ1) is 19.0. The maximum Gasteiger partial charge on any atom is 0.123 e. The first-order valence-electron chi connectivity index (χ1n) is 15.5. The second kappa shape index (κ2) is 10.4. The van der Waals surface area contributed by atoms with Crippen molar-refractivity contribution < 1.29 is 15.3 Å². The first-order valence-corrected chi connectivity index (χ1v) is 15.5. The first kappa shape index (κ1) is 32.1. The average molecular weight is 571 g/mol. The summed E-state index contributed by atoms with van der Waals surface area (Å²) >= 11 is 0. The van der Waals surface area contributed by atoms with Crippen molar-refractivity contribution in [3.8, 4) is 11.5 Å². The van der Waals surface area contributed by atoms with Crippen LogP contribution < -0.4 is 0 Å². The molecule has 3 heteroatoms. The fourth-order valence-corrected chi connectivity index (χ4v) is 6.84. The van der Waals surface area contributed by atoms with Crippen LogP contribution in [0.2, 0.25) is 0 Å². The molecule has 0 saturated heterocycles. The molecule has 0 bridgehead atoms. The Balaban J connectivity index is 1.94. The summed E-state index contributed by atoms with van der Waals surface area (Å²) in [4.78, 5) is 0. The Morgan fingerprint density at radius 3 is 1.24 bits per heavy atom. The number of rotatable bonds is 4. The van der Waals surface area contributed by atoms with Gasteiger partial charge in [0.05, 0.1) is 6.10 Å². The molecule has 1 unspecified atom stereocenters. The summed E-state index contributed by atoms with van der Waals surface area (Å²) < 4.78 is 0. The van der Waals surface area contributed by atoms with Crippen molar-refractivity contribution in [2.75, 3.05) is 0 Å². The van der Waals surface area contributed by atoms with Crippen LogP contribution in [-0.4, -0.2) is 15.3 Å². The smallest absolute Gasteiger partial charge is 0.123 e. The quantitative estimate of drug-likeness (QED) is 0.293. The predicted octanol–water partition coefficient (Wildman–Crippen LogP) is 9.35. The highest BCUT2D eigenvalue weighted by molar-refractivity contribution is 5.52. The summed E-state index contributed by atoms with van der Waals surface area (Å²) in [6.45, 7) is 25.7. The minimum atomic E-state index is -0.636. The number of fused-ring (bicyclic) bond motifs is 1. The van der Waals surface area contributed by atoms with Crippen LogP contribution >= 0.6 is 0 Å². The third-order valence-corrected chi connectivity index (χ3v) is 9.16. The van der Waals surface area contributed by atoms with Gasteiger partial charge in [0.15, 0.2) is 0 Å². The normalized spacial score (nSPS) is 17.4. The van der Waals surface area contributed by atoms with E-state index in [-0.39, 0.29) is 21.7 Å². The molecule has 0 saturated carbocycles. The molecule has 0 aliphatic heterocycles. The van der Waals surface area contributed by atoms with Gasteiger partial charge in [-0.1, -0.05) is 132 Å². The van der Waals surface area contributed by atoms with Crippen LogP contribution in [0, 0.1) is 5.41 Å². The lowest BCUT2D eigenvalue weighted by molar-refractivity contribution is 0.0384. The van der Waals surface area contributed by atoms with Crippen LogP contribution in [0.15, 0.2) is 48.5 Å². The van der Waals surface area contributed by atoms with Crippen molar-refractivity contribution in [2.45, 2.75) is 130 Å². The second-order valence-corrected chi connectivity index (χ2v) is 17.1. The van der Waals surface area contributed by atoms with Crippen molar-refractivity contribution >= 4 is 0 Å². The minimum absolute atomic E-state index is 0.231. The number of aromatic hydroxyl groups is 2. The van der Waals surface area contributed by atoms with Crippen LogP contribution in [0.5, 0.6) is 11.5 Å². The Hall–Kier alpha value is -2.78. The van der Waals surface area contributed by atoms with Gasteiger partial charge in [0.1, 0.15) is 11.5 Å². The summed E-state index contributed by atoms with van der Waals surface area (Å²) in [6.07, 6.45) is 1.47. The molecule has 3 N–H and O–H groups in total. The maximum atomic E-state index is 12.1. The molecule has 3 aromatic carbocycles. The van der Waals surface area contributed by atoms with E-state index in [0.717, 1.165) is 45.4 Å². The molecule has 3 nitrogen and oxygen atoms in total. The van der Waals surface area contributed by atoms with Crippen molar-refractivity contribution in [3.05, 3.63) is 93.0 Å². The van der Waals surface area contributed by atoms with Gasteiger partial charge >= 0.3 is 0 Å². The van der Waals surface area contributed by atoms with Crippen molar-refractivity contribution in [1.82, 2.24) is 0 Å². The number of phenolic OH excluding ortho intramolecular Hbond substituents is 2. The third-order valence-electron chi connectivity index (χ3n) is 9.16. The zero-order chi connectivity index (χ0) is 31.6. The lowest BCUT2D eigenvalue weighted by Crippen LogP contribution is -2.32. The van der Waals surface area contributed by atoms with E-state index in [0.29, 0.717) is 24.3 Å². The number of hydrogen-bond donors (Lipinski definition) is 3. The van der Waals surface area contributed by atoms with Gasteiger partial charge < -0.3 is 15.3 Å². The topological polar surface area (TPSA) is 60.7 Å². The zero-order valence-corrected chi connectivity index (χ0v) is 28.2. The summed E-state index contributed by atoms with van der Waals surface area (Å²) in [7, 11) is 0. The monoisotopic (exact) mass is 570 g/mol. The fourth-order valence-electron chi connectivity index (χ4n) is 6.84. The third kappa shape index (κ3) is 6.13. The van der Waals surface area contributed by atoms with Crippen LogP contribution in [-0.2, 0) is 40.9 Å². The van der Waals surface area contributed by atoms with Gasteiger partial charge in [0.25, 0.3) is 0 Å². The van der Waals surface area contributed by atoms with Gasteiger partial charge in [-0.15, -0.1) is 0 Å². The molecule has 0 aromatic heterocycles. The Morgan fingerprint density at radius 1 is 0.595 bits per heavy atom. The second-order valence-electron chi connectivity index (χ2n) is 17.1. The summed E-state index contributed by atoms with van der Waals surface area (Å²) in [5.74, 6) is 0.762. The van der Waals surface area contributed by atoms with E-state index in [1.807, 2.05) is 6.07 Å². The molecule has 0 spiro atoms. The van der Waals surface area contributed by atoms with Crippen LogP contribution in [0.3, 0.4) is 0 Å². The van der Waals surface area contributed by atoms with E-state index in [9.17, 15) is 15.3 Å². The minimum Gasteiger partial charge on any atom is -0.507 e. The molecule has 1 atom stereocenters. The van der Waals surface area contributed by atoms with E-state index < -0.39 is 11.5 Å². The number of hydrogen-bond acceptors (Lipinski definition) is 3. The largest absolute Gasteiger partial charge is 0.507 e. The van der Waals surface area contributed by atoms with E-state index in [1.165, 1.54) is 5.56 Å². The molecule has 1 aliphatic rings. The molecule has 0 fully saturated rings. The highest BCUT2D eigenvalue weighted by atomic mass is 16.3. The molecule has 228 valence electrons. The summed E-state index contributed by atoms with van der Waals surface area (Å²) in [5, 5.41) is 35.0. The van der Waals surface area contributed by atoms with E-state index >= 15 is 0 Å². The Labute approximate surface area is 255 Å². The molecule has 42 heavy (non-hydrogen) atoms. The van der Waals surface area contributed by atoms with Gasteiger partial charge in [-0.3, -0.25) is 0 Å². The molecule has 3 aromatic rings. The summed E-state index contributed by atoms with van der Waals surface area (Å²) in [5.41, 5.74) is 6.85. The maximum absolute atomic E-state index is 12.1. The standard InChI is InChI=1S/C39H54O3/c1-35(2,3)28-17-24(18-29(32(28)40)36(4,5)6)21-39(23-26-15-13-14-16-27(26)34(39)42)22-25-19-30(37(7,8)9)33(41)31(20-25)38(10,11)12/h13-20,34,40-42H,21-23H2,1-12H3. The Bertz CT molecular complexity index is 1310. The highest BCUT2D eigenvalue weighted by Crippen LogP contribution is 2.52. The lowest BCUT2D eigenvalue weighted by atomic mass is 9.69. The molecular weight excluding hydrogens is 516 g/mol. The van der Waals surface area contributed by atoms with E-state index in [2.05, 4.69) is 126 Å². The predicted molar refractivity (Wildman–Crippen MR) is 176 cm³/mol. The van der Waals surface area contributed by atoms with E-state index in [4.69, 9.17) is 0 Å². The van der Waals surface area contributed by atoms with Crippen molar-refractivity contribution in [3.63, 3.8) is 0 Å². The molecule has 4 rings (SSSR count). The molecular formula is C39H54O3. The summed E-state index contributed by atoms with van der Waals surface area (Å²) in [6, 6.07) is 17.0. The van der Waals surface area contributed by atoms with Gasteiger partial charge in [-0.25, -0.2) is 0 Å². The molecule has 0 heterocycles. The Kier molecular flexibility index (Phi) is 7.99. The van der Waals surface area contributed by atoms with Gasteiger partial charge in [0, 0.05) is 5.41 Å². The van der Waals surface area contributed by atoms with Crippen LogP contribution in [0.4, 0.5) is 0 Å². The number of phenols is 2. The van der Waals surface area contributed by atoms with Crippen molar-refractivity contribution in [1.29, 1.82) is 0 Å². The average Bonchev–Trinajstić information content (AvgIpc) is 3.09. The molecule has 1 aliphatic carbocycles. The number of aliphatic hydroxyl groups is 1. The fraction of sp³-hybridized carbons (Fsp3) is 0.538. The number of aliphatic hydroxyl groups excluding tert-OH is 1. The van der Waals surface area contributed by atoms with Gasteiger partial charge in [-0.05, 0) is 85.4 Å². The van der Waals surface area contributed by atoms with Crippen molar-refractivity contribution in [2.24, 2.45) is 5.41 Å². The van der Waals surface area contributed by atoms with E-state index in [1.54, 1.807) is 0 Å². The lowest BCUT2D eigenvalue weighted by Gasteiger charge is -2.36. The highest BCUT2D eigenvalue weighted by Gasteiger charge is 2.46. The van der Waals surface area contributed by atoms with Crippen LogP contribution in [0.25, 0.3) is 0 Å². The zero-order valence-electron chi connectivity index (χ0n) is 28.2. The van der Waals surface area contributed by atoms with Gasteiger partial charge in [0.2, 0.25) is 0 Å². The van der Waals surface area contributed by atoms with Crippen LogP contribution in [0.1, 0.15) is 134 Å². The Morgan fingerprint density at radius 2 is 0.929 bits per heavy atom. The number of benzene rings is 3. The molecule has 0 radical (unpaired) electrons. The van der Waals surface area contributed by atoms with Gasteiger partial charge in [-0.2, -0.15) is 0 Å².